The topological polar surface area (TPSA) is 85.0 Å². The first kappa shape index (κ1) is 48.8. The van der Waals surface area contributed by atoms with Crippen molar-refractivity contribution in [3.8, 4) is 44.5 Å². The zero-order valence-electron chi connectivity index (χ0n) is 36.9. The van der Waals surface area contributed by atoms with E-state index in [1.807, 2.05) is 0 Å². The molecule has 0 spiro atoms. The minimum absolute atomic E-state index is 0.00297. The molecule has 366 valence electrons. The summed E-state index contributed by atoms with van der Waals surface area (Å²) in [5, 5.41) is 0. The normalized spacial score (nSPS) is 15.6. The van der Waals surface area contributed by atoms with Crippen LogP contribution in [0, 0.1) is 0 Å². The number of nitrogens with one attached hydrogen (secondary N) is 2. The van der Waals surface area contributed by atoms with Crippen LogP contribution in [0.1, 0.15) is 71.5 Å². The molecule has 3 aromatic heterocycles. The molecule has 0 aliphatic carbocycles. The minimum Gasteiger partial charge on any atom is -0.354 e. The van der Waals surface area contributed by atoms with Crippen molar-refractivity contribution >= 4 is 34.2 Å². The molecule has 0 amide bonds. The molecule has 19 heteroatoms. The smallest absolute Gasteiger partial charge is 0.354 e. The number of rotatable bonds is 8. The van der Waals surface area contributed by atoms with E-state index in [9.17, 15) is 52.7 Å². The van der Waals surface area contributed by atoms with Gasteiger partial charge < -0.3 is 24.2 Å². The van der Waals surface area contributed by atoms with Gasteiger partial charge in [0.05, 0.1) is 33.6 Å². The fourth-order valence-electron chi connectivity index (χ4n) is 8.45. The monoisotopic (exact) mass is 992 g/mol. The molecule has 2 aliphatic rings. The molecule has 0 unspecified atom stereocenters. The number of H-pyrrole nitrogens is 2. The SMILES string of the molecule is CCO[C@H]1O[C@H](OCC)c2nc1c(-c1ccc(C(F)(F)F)cc1)c1ccc([nH]1)c(-c1ccc(C(F)(F)F)cc1)c1nc(c(-c3ccc(C(F)(F)F)cc3)c3ccc([nH]3)c2-c2ccc(C(F)(F)F)cc2)C=C1. The van der Waals surface area contributed by atoms with E-state index in [-0.39, 0.29) is 103 Å². The van der Waals surface area contributed by atoms with E-state index >= 15 is 0 Å². The van der Waals surface area contributed by atoms with E-state index in [2.05, 4.69) is 9.97 Å². The van der Waals surface area contributed by atoms with Gasteiger partial charge in [-0.15, -0.1) is 0 Å². The average molecular weight is 993 g/mol. The van der Waals surface area contributed by atoms with Crippen LogP contribution in [0.4, 0.5) is 52.7 Å². The van der Waals surface area contributed by atoms with Gasteiger partial charge in [0.2, 0.25) is 12.6 Å². The molecule has 0 radical (unpaired) electrons. The Kier molecular flexibility index (Phi) is 12.7. The maximum absolute atomic E-state index is 14.0. The highest BCUT2D eigenvalue weighted by molar-refractivity contribution is 5.97. The van der Waals surface area contributed by atoms with Gasteiger partial charge in [-0.1, -0.05) is 48.5 Å². The summed E-state index contributed by atoms with van der Waals surface area (Å²) >= 11 is 0. The summed E-state index contributed by atoms with van der Waals surface area (Å²) in [7, 11) is 0. The Hall–Kier alpha value is -7.22. The second-order valence-corrected chi connectivity index (χ2v) is 16.2. The third-order valence-corrected chi connectivity index (χ3v) is 11.7. The molecular weight excluding hydrogens is 957 g/mol. The van der Waals surface area contributed by atoms with Gasteiger partial charge in [-0.25, -0.2) is 9.97 Å². The van der Waals surface area contributed by atoms with Gasteiger partial charge in [-0.2, -0.15) is 52.7 Å². The third kappa shape index (κ3) is 9.81. The van der Waals surface area contributed by atoms with E-state index in [0.717, 1.165) is 48.5 Å². The molecule has 0 saturated heterocycles. The van der Waals surface area contributed by atoms with Crippen LogP contribution in [-0.2, 0) is 38.9 Å². The molecule has 4 aromatic carbocycles. The van der Waals surface area contributed by atoms with Crippen LogP contribution in [0.15, 0.2) is 121 Å². The van der Waals surface area contributed by atoms with Crippen molar-refractivity contribution in [3.63, 3.8) is 0 Å². The van der Waals surface area contributed by atoms with E-state index in [1.165, 1.54) is 48.5 Å². The lowest BCUT2D eigenvalue weighted by Crippen LogP contribution is -2.24. The summed E-state index contributed by atoms with van der Waals surface area (Å²) in [5.41, 5.74) is -1.10. The van der Waals surface area contributed by atoms with Crippen molar-refractivity contribution in [2.75, 3.05) is 13.2 Å². The maximum atomic E-state index is 14.0. The molecule has 2 N–H and O–H groups in total. The highest BCUT2D eigenvalue weighted by Crippen LogP contribution is 2.45. The first-order valence-electron chi connectivity index (χ1n) is 21.7. The van der Waals surface area contributed by atoms with E-state index < -0.39 is 59.5 Å². The summed E-state index contributed by atoms with van der Waals surface area (Å²) in [6, 6.07) is 23.0. The quantitative estimate of drug-likeness (QED) is 0.148. The molecule has 5 heterocycles. The van der Waals surface area contributed by atoms with Crippen molar-refractivity contribution in [2.24, 2.45) is 0 Å². The second-order valence-electron chi connectivity index (χ2n) is 16.2. The Balaban J connectivity index is 1.49. The van der Waals surface area contributed by atoms with Crippen LogP contribution in [0.5, 0.6) is 0 Å². The summed E-state index contributed by atoms with van der Waals surface area (Å²) < 4.78 is 186. The Bertz CT molecular complexity index is 3080. The highest BCUT2D eigenvalue weighted by atomic mass is 19.4. The van der Waals surface area contributed by atoms with Crippen molar-refractivity contribution < 1.29 is 66.9 Å². The Morgan fingerprint density at radius 2 is 0.662 bits per heavy atom. The zero-order valence-corrected chi connectivity index (χ0v) is 36.9. The number of alkyl halides is 12. The predicted octanol–water partition coefficient (Wildman–Crippen LogP) is 16.0. The number of ether oxygens (including phenoxy) is 3. The first-order chi connectivity index (χ1) is 33.6. The van der Waals surface area contributed by atoms with Crippen LogP contribution >= 0.6 is 0 Å². The Morgan fingerprint density at radius 3 is 0.930 bits per heavy atom. The number of fused-ring (bicyclic) bond motifs is 8. The van der Waals surface area contributed by atoms with Crippen LogP contribution in [0.2, 0.25) is 0 Å². The molecule has 7 nitrogen and oxygen atoms in total. The number of nitrogens with zero attached hydrogens (tertiary/aromatic N) is 2. The molecular formula is C52H36F12N4O3. The molecule has 71 heavy (non-hydrogen) atoms. The van der Waals surface area contributed by atoms with Crippen molar-refractivity contribution in [2.45, 2.75) is 51.1 Å². The van der Waals surface area contributed by atoms with E-state index in [1.54, 1.807) is 50.3 Å². The van der Waals surface area contributed by atoms with Crippen LogP contribution in [-0.4, -0.2) is 33.1 Å². The summed E-state index contributed by atoms with van der Waals surface area (Å²) in [4.78, 5) is 16.6. The number of benzene rings is 4. The average Bonchev–Trinajstić information content (AvgIpc) is 4.11. The van der Waals surface area contributed by atoms with Gasteiger partial charge in [0.1, 0.15) is 11.4 Å². The molecule has 7 aromatic rings. The zero-order chi connectivity index (χ0) is 50.6. The summed E-state index contributed by atoms with van der Waals surface area (Å²) in [5.74, 6) is 0. The van der Waals surface area contributed by atoms with E-state index in [4.69, 9.17) is 24.2 Å². The fraction of sp³-hybridized carbons (Fsp3) is 0.192. The predicted molar refractivity (Wildman–Crippen MR) is 242 cm³/mol. The van der Waals surface area contributed by atoms with Crippen molar-refractivity contribution in [1.82, 2.24) is 19.9 Å². The van der Waals surface area contributed by atoms with Crippen LogP contribution in [0.3, 0.4) is 0 Å². The van der Waals surface area contributed by atoms with Gasteiger partial charge in [0.15, 0.2) is 0 Å². The highest BCUT2D eigenvalue weighted by Gasteiger charge is 2.36. The lowest BCUT2D eigenvalue weighted by Gasteiger charge is -2.30. The number of hydrogen-bond donors (Lipinski definition) is 2. The summed E-state index contributed by atoms with van der Waals surface area (Å²) in [6.07, 6.45) is -18.5. The maximum Gasteiger partial charge on any atom is 0.416 e. The first-order valence-corrected chi connectivity index (χ1v) is 21.7. The number of hydrogen-bond acceptors (Lipinski definition) is 5. The standard InChI is InChI=1S/C52H36F12N4O3/c1-3-69-47-45-43(29-9-17-33(18-10-29)51(59,60)61)39-25-23-37(66-39)41(27-5-13-31(14-6-27)49(53,54)55)35-21-22-36(65-35)42(28-7-15-32(16-8-28)50(56,57)58)38-24-26-40(67-38)44(46(68-45)48(71-47)70-4-2)30-11-19-34(20-12-30)52(62,63)64/h5-26,47-48,66-67H,3-4H2,1-2H3/t47-,48-/m0/s1. The Morgan fingerprint density at radius 1 is 0.394 bits per heavy atom. The van der Waals surface area contributed by atoms with Crippen molar-refractivity contribution in [1.29, 1.82) is 0 Å². The molecule has 9 rings (SSSR count). The van der Waals surface area contributed by atoms with Gasteiger partial charge in [-0.05, 0) is 121 Å². The number of halogens is 12. The third-order valence-electron chi connectivity index (χ3n) is 11.7. The van der Waals surface area contributed by atoms with Gasteiger partial charge >= 0.3 is 24.7 Å². The van der Waals surface area contributed by atoms with Crippen LogP contribution in [0.25, 0.3) is 78.7 Å². The van der Waals surface area contributed by atoms with Gasteiger partial charge in [0, 0.05) is 57.5 Å². The largest absolute Gasteiger partial charge is 0.416 e. The van der Waals surface area contributed by atoms with Crippen LogP contribution < -0.4 is 0 Å². The minimum atomic E-state index is -4.73. The molecule has 0 saturated carbocycles. The molecule has 2 aliphatic heterocycles. The molecule has 0 fully saturated rings. The van der Waals surface area contributed by atoms with Crippen molar-refractivity contribution in [3.05, 3.63) is 166 Å². The Labute approximate surface area is 395 Å². The lowest BCUT2D eigenvalue weighted by atomic mass is 9.99. The summed E-state index contributed by atoms with van der Waals surface area (Å²) in [6.45, 7) is 3.30. The van der Waals surface area contributed by atoms with Gasteiger partial charge in [0.25, 0.3) is 0 Å². The second kappa shape index (κ2) is 18.5. The lowest BCUT2D eigenvalue weighted by molar-refractivity contribution is -0.261. The van der Waals surface area contributed by atoms with Gasteiger partial charge in [-0.3, -0.25) is 0 Å². The van der Waals surface area contributed by atoms with E-state index in [0.29, 0.717) is 0 Å². The molecule has 8 bridgehead atoms. The number of aromatic amines is 2. The fourth-order valence-corrected chi connectivity index (χ4v) is 8.45. The number of aromatic nitrogens is 4. The molecule has 2 atom stereocenters.